The number of hydrogen-bond acceptors (Lipinski definition) is 5. The lowest BCUT2D eigenvalue weighted by Gasteiger charge is -2.18. The Morgan fingerprint density at radius 1 is 1.33 bits per heavy atom. The summed E-state index contributed by atoms with van der Waals surface area (Å²) in [7, 11) is 4.62. The summed E-state index contributed by atoms with van der Waals surface area (Å²) in [6.07, 6.45) is 0. The van der Waals surface area contributed by atoms with Gasteiger partial charge >= 0.3 is 5.69 Å². The van der Waals surface area contributed by atoms with Crippen LogP contribution in [0.2, 0.25) is 0 Å². The number of anilines is 2. The fourth-order valence-corrected chi connectivity index (χ4v) is 1.81. The lowest BCUT2D eigenvalue weighted by molar-refractivity contribution is -0.126. The molecule has 0 saturated carbocycles. The molecular weight excluding hydrogens is 274 g/mol. The summed E-state index contributed by atoms with van der Waals surface area (Å²) in [5.74, 6) is 0.0557. The molecule has 1 rings (SSSR count). The highest BCUT2D eigenvalue weighted by molar-refractivity contribution is 5.81. The fourth-order valence-electron chi connectivity index (χ4n) is 1.81. The van der Waals surface area contributed by atoms with Gasteiger partial charge in [-0.2, -0.15) is 0 Å². The predicted octanol–water partition coefficient (Wildman–Crippen LogP) is -0.715. The Morgan fingerprint density at radius 2 is 1.90 bits per heavy atom. The van der Waals surface area contributed by atoms with Crippen molar-refractivity contribution in [1.82, 2.24) is 14.0 Å². The van der Waals surface area contributed by atoms with E-state index in [1.807, 2.05) is 13.8 Å². The monoisotopic (exact) mass is 297 g/mol. The number of carbonyl (C=O) groups excluding carboxylic acids is 1. The zero-order chi connectivity index (χ0) is 16.3. The Kier molecular flexibility index (Phi) is 5.17. The minimum absolute atomic E-state index is 0.0587. The predicted molar refractivity (Wildman–Crippen MR) is 82.4 cm³/mol. The second kappa shape index (κ2) is 6.47. The number of nitrogens with one attached hydrogen (secondary N) is 1. The smallest absolute Gasteiger partial charge is 0.332 e. The standard InChI is InChI=1S/C13H23N5O3/c1-8(2)7-18-11(14)10(12(20)17(5)13(18)21)15-6-9(19)16(3)4/h8,15H,6-7,14H2,1-5H3. The summed E-state index contributed by atoms with van der Waals surface area (Å²) in [4.78, 5) is 37.2. The normalized spacial score (nSPS) is 10.8. The van der Waals surface area contributed by atoms with Crippen molar-refractivity contribution >= 4 is 17.4 Å². The van der Waals surface area contributed by atoms with E-state index in [1.54, 1.807) is 14.1 Å². The van der Waals surface area contributed by atoms with Gasteiger partial charge in [-0.15, -0.1) is 0 Å². The van der Waals surface area contributed by atoms with Gasteiger partial charge in [-0.3, -0.25) is 18.7 Å². The quantitative estimate of drug-likeness (QED) is 0.747. The largest absolute Gasteiger partial charge is 0.383 e. The van der Waals surface area contributed by atoms with Crippen molar-refractivity contribution in [3.63, 3.8) is 0 Å². The number of nitrogens with zero attached hydrogens (tertiary/aromatic N) is 3. The maximum Gasteiger partial charge on any atom is 0.332 e. The lowest BCUT2D eigenvalue weighted by atomic mass is 10.2. The van der Waals surface area contributed by atoms with E-state index in [-0.39, 0.29) is 29.9 Å². The van der Waals surface area contributed by atoms with Crippen LogP contribution in [0.3, 0.4) is 0 Å². The molecule has 8 heteroatoms. The van der Waals surface area contributed by atoms with E-state index < -0.39 is 11.2 Å². The lowest BCUT2D eigenvalue weighted by Crippen LogP contribution is -2.42. The number of nitrogens with two attached hydrogens (primary N) is 1. The molecule has 0 aliphatic heterocycles. The molecule has 0 spiro atoms. The molecule has 0 bridgehead atoms. The molecule has 0 unspecified atom stereocenters. The number of likely N-dealkylation sites (N-methyl/N-ethyl adjacent to an activating group) is 1. The van der Waals surface area contributed by atoms with E-state index in [2.05, 4.69) is 5.32 Å². The van der Waals surface area contributed by atoms with E-state index in [0.717, 1.165) is 4.57 Å². The maximum absolute atomic E-state index is 12.1. The minimum atomic E-state index is -0.538. The Labute approximate surface area is 123 Å². The van der Waals surface area contributed by atoms with Crippen LogP contribution in [0.25, 0.3) is 0 Å². The molecule has 0 fully saturated rings. The van der Waals surface area contributed by atoms with Crippen LogP contribution in [-0.2, 0) is 18.4 Å². The molecular formula is C13H23N5O3. The molecule has 0 aliphatic rings. The van der Waals surface area contributed by atoms with E-state index >= 15 is 0 Å². The van der Waals surface area contributed by atoms with Gasteiger partial charge in [0.25, 0.3) is 5.56 Å². The fraction of sp³-hybridized carbons (Fsp3) is 0.615. The van der Waals surface area contributed by atoms with Crippen molar-refractivity contribution in [1.29, 1.82) is 0 Å². The molecule has 118 valence electrons. The molecule has 0 aliphatic carbocycles. The van der Waals surface area contributed by atoms with Gasteiger partial charge in [-0.1, -0.05) is 13.8 Å². The molecule has 1 amide bonds. The van der Waals surface area contributed by atoms with E-state index in [9.17, 15) is 14.4 Å². The Morgan fingerprint density at radius 3 is 2.38 bits per heavy atom. The molecule has 1 aromatic rings. The van der Waals surface area contributed by atoms with Crippen LogP contribution < -0.4 is 22.3 Å². The van der Waals surface area contributed by atoms with Gasteiger partial charge in [-0.25, -0.2) is 4.79 Å². The molecule has 8 nitrogen and oxygen atoms in total. The summed E-state index contributed by atoms with van der Waals surface area (Å²) < 4.78 is 2.33. The molecule has 3 N–H and O–H groups in total. The first kappa shape index (κ1) is 16.8. The van der Waals surface area contributed by atoms with Gasteiger partial charge in [0.1, 0.15) is 11.5 Å². The average molecular weight is 297 g/mol. The van der Waals surface area contributed by atoms with Gasteiger partial charge in [0, 0.05) is 27.7 Å². The SMILES string of the molecule is CC(C)Cn1c(N)c(NCC(=O)N(C)C)c(=O)n(C)c1=O. The van der Waals surface area contributed by atoms with E-state index in [1.165, 1.54) is 16.5 Å². The first-order valence-corrected chi connectivity index (χ1v) is 6.70. The number of amides is 1. The second-order valence-electron chi connectivity index (χ2n) is 5.55. The summed E-state index contributed by atoms with van der Waals surface area (Å²) in [5, 5.41) is 2.73. The molecule has 0 radical (unpaired) electrons. The molecule has 1 aromatic heterocycles. The Balaban J connectivity index is 3.26. The van der Waals surface area contributed by atoms with Gasteiger partial charge in [-0.05, 0) is 5.92 Å². The highest BCUT2D eigenvalue weighted by atomic mass is 16.2. The highest BCUT2D eigenvalue weighted by Gasteiger charge is 2.16. The van der Waals surface area contributed by atoms with Crippen LogP contribution in [0.1, 0.15) is 13.8 Å². The van der Waals surface area contributed by atoms with Crippen LogP contribution in [-0.4, -0.2) is 40.6 Å². The van der Waals surface area contributed by atoms with Gasteiger partial charge in [0.15, 0.2) is 0 Å². The maximum atomic E-state index is 12.1. The highest BCUT2D eigenvalue weighted by Crippen LogP contribution is 2.12. The molecule has 0 atom stereocenters. The number of nitrogen functional groups attached to an aromatic ring is 1. The third-order valence-corrected chi connectivity index (χ3v) is 3.05. The number of aromatic nitrogens is 2. The van der Waals surface area contributed by atoms with Crippen LogP contribution in [0.15, 0.2) is 9.59 Å². The Hall–Kier alpha value is -2.25. The van der Waals surface area contributed by atoms with E-state index in [0.29, 0.717) is 6.54 Å². The average Bonchev–Trinajstić information content (AvgIpc) is 2.40. The number of rotatable bonds is 5. The number of hydrogen-bond donors (Lipinski definition) is 2. The molecule has 0 aromatic carbocycles. The van der Waals surface area contributed by atoms with Crippen molar-refractivity contribution < 1.29 is 4.79 Å². The van der Waals surface area contributed by atoms with Crippen molar-refractivity contribution in [3.8, 4) is 0 Å². The summed E-state index contributed by atoms with van der Waals surface area (Å²) in [6, 6.07) is 0. The minimum Gasteiger partial charge on any atom is -0.383 e. The van der Waals surface area contributed by atoms with Crippen molar-refractivity contribution in [2.75, 3.05) is 31.7 Å². The zero-order valence-electron chi connectivity index (χ0n) is 13.1. The number of carbonyl (C=O) groups is 1. The van der Waals surface area contributed by atoms with E-state index in [4.69, 9.17) is 5.73 Å². The van der Waals surface area contributed by atoms with Gasteiger partial charge in [0.2, 0.25) is 5.91 Å². The topological polar surface area (TPSA) is 102 Å². The summed E-state index contributed by atoms with van der Waals surface area (Å²) >= 11 is 0. The second-order valence-corrected chi connectivity index (χ2v) is 5.55. The third kappa shape index (κ3) is 3.65. The van der Waals surface area contributed by atoms with Gasteiger partial charge in [0.05, 0.1) is 6.54 Å². The van der Waals surface area contributed by atoms with Crippen LogP contribution in [0.5, 0.6) is 0 Å². The van der Waals surface area contributed by atoms with Crippen molar-refractivity contribution in [3.05, 3.63) is 20.8 Å². The molecule has 0 saturated heterocycles. The van der Waals surface area contributed by atoms with Crippen LogP contribution >= 0.6 is 0 Å². The Bertz CT molecular complexity index is 642. The van der Waals surface area contributed by atoms with Crippen LogP contribution in [0.4, 0.5) is 11.5 Å². The van der Waals surface area contributed by atoms with Crippen LogP contribution in [0, 0.1) is 5.92 Å². The first-order chi connectivity index (χ1) is 9.66. The summed E-state index contributed by atoms with van der Waals surface area (Å²) in [5.41, 5.74) is 5.00. The molecule has 21 heavy (non-hydrogen) atoms. The zero-order valence-corrected chi connectivity index (χ0v) is 13.1. The molecule has 1 heterocycles. The summed E-state index contributed by atoms with van der Waals surface area (Å²) in [6.45, 7) is 4.22. The van der Waals surface area contributed by atoms with Crippen molar-refractivity contribution in [2.45, 2.75) is 20.4 Å². The first-order valence-electron chi connectivity index (χ1n) is 6.70. The van der Waals surface area contributed by atoms with Gasteiger partial charge < -0.3 is 16.0 Å². The third-order valence-electron chi connectivity index (χ3n) is 3.05. The van der Waals surface area contributed by atoms with Crippen molar-refractivity contribution in [2.24, 2.45) is 13.0 Å².